The molecule has 3 rings (SSSR count). The number of thioether (sulfide) groups is 1. The van der Waals surface area contributed by atoms with Crippen LogP contribution >= 0.6 is 11.8 Å². The van der Waals surface area contributed by atoms with E-state index in [1.807, 2.05) is 18.7 Å². The van der Waals surface area contributed by atoms with Crippen LogP contribution < -0.4 is 5.32 Å². The molecule has 1 fully saturated rings. The summed E-state index contributed by atoms with van der Waals surface area (Å²) in [7, 11) is 0. The number of hydrogen-bond donors (Lipinski definition) is 1. The summed E-state index contributed by atoms with van der Waals surface area (Å²) in [6, 6.07) is 12.8. The molecule has 1 aliphatic rings. The maximum Gasteiger partial charge on any atom is 0.193 e. The van der Waals surface area contributed by atoms with Crippen molar-refractivity contribution in [2.75, 3.05) is 31.9 Å². The second-order valence-corrected chi connectivity index (χ2v) is 8.56. The fourth-order valence-electron chi connectivity index (χ4n) is 3.62. The number of aliphatic imine (C=N–C) groups is 1. The first-order valence-electron chi connectivity index (χ1n) is 10.4. The fourth-order valence-corrected chi connectivity index (χ4v) is 4.67. The topological polar surface area (TPSA) is 45.5 Å². The molecule has 1 unspecified atom stereocenters. The summed E-state index contributed by atoms with van der Waals surface area (Å²) in [5.41, 5.74) is 2.32. The van der Waals surface area contributed by atoms with Crippen molar-refractivity contribution in [2.24, 2.45) is 10.9 Å². The van der Waals surface area contributed by atoms with Gasteiger partial charge in [0.05, 0.1) is 5.69 Å². The molecule has 1 atom stereocenters. The van der Waals surface area contributed by atoms with Gasteiger partial charge in [0, 0.05) is 49.1 Å². The fraction of sp³-hybridized carbons (Fsp3) is 0.545. The Morgan fingerprint density at radius 3 is 2.82 bits per heavy atom. The van der Waals surface area contributed by atoms with Crippen LogP contribution in [0.5, 0.6) is 0 Å². The smallest absolute Gasteiger partial charge is 0.193 e. The first-order chi connectivity index (χ1) is 13.7. The third kappa shape index (κ3) is 6.03. The van der Waals surface area contributed by atoms with Crippen molar-refractivity contribution in [1.29, 1.82) is 0 Å². The predicted molar refractivity (Wildman–Crippen MR) is 119 cm³/mol. The monoisotopic (exact) mass is 399 g/mol. The van der Waals surface area contributed by atoms with Crippen molar-refractivity contribution in [3.05, 3.63) is 47.8 Å². The molecule has 6 heteroatoms. The Bertz CT molecular complexity index is 756. The lowest BCUT2D eigenvalue weighted by Crippen LogP contribution is -2.40. The molecule has 5 nitrogen and oxygen atoms in total. The van der Waals surface area contributed by atoms with Gasteiger partial charge in [-0.15, -0.1) is 11.8 Å². The van der Waals surface area contributed by atoms with E-state index in [2.05, 4.69) is 70.2 Å². The molecule has 28 heavy (non-hydrogen) atoms. The van der Waals surface area contributed by atoms with Gasteiger partial charge in [-0.25, -0.2) is 0 Å². The SMILES string of the molecule is CCNC(=NCCCn1nc(C)cc1C)N1CCC(CSc2ccccc2)C1. The van der Waals surface area contributed by atoms with Crippen LogP contribution in [0.4, 0.5) is 0 Å². The molecule has 0 saturated carbocycles. The minimum atomic E-state index is 0.726. The molecular formula is C22H33N5S. The van der Waals surface area contributed by atoms with Crippen molar-refractivity contribution in [2.45, 2.75) is 45.1 Å². The third-order valence-electron chi connectivity index (χ3n) is 5.04. The summed E-state index contributed by atoms with van der Waals surface area (Å²) >= 11 is 1.97. The van der Waals surface area contributed by atoms with Gasteiger partial charge in [-0.05, 0) is 57.7 Å². The van der Waals surface area contributed by atoms with Crippen LogP contribution in [0.25, 0.3) is 0 Å². The van der Waals surface area contributed by atoms with Gasteiger partial charge in [0.15, 0.2) is 5.96 Å². The van der Waals surface area contributed by atoms with Crippen molar-refractivity contribution in [3.8, 4) is 0 Å². The van der Waals surface area contributed by atoms with Crippen LogP contribution in [0.15, 0.2) is 46.3 Å². The average Bonchev–Trinajstić information content (AvgIpc) is 3.29. The number of hydrogen-bond acceptors (Lipinski definition) is 3. The van der Waals surface area contributed by atoms with E-state index in [4.69, 9.17) is 4.99 Å². The normalized spacial score (nSPS) is 17.3. The van der Waals surface area contributed by atoms with E-state index in [9.17, 15) is 0 Å². The van der Waals surface area contributed by atoms with Crippen molar-refractivity contribution >= 4 is 17.7 Å². The zero-order chi connectivity index (χ0) is 19.8. The molecule has 2 aromatic rings. The van der Waals surface area contributed by atoms with Crippen LogP contribution in [0, 0.1) is 19.8 Å². The summed E-state index contributed by atoms with van der Waals surface area (Å²) in [5.74, 6) is 2.98. The number of rotatable bonds is 8. The minimum absolute atomic E-state index is 0.726. The first kappa shape index (κ1) is 20.8. The number of benzene rings is 1. The van der Waals surface area contributed by atoms with Gasteiger partial charge in [-0.3, -0.25) is 9.67 Å². The first-order valence-corrected chi connectivity index (χ1v) is 11.4. The number of guanidine groups is 1. The van der Waals surface area contributed by atoms with Crippen molar-refractivity contribution < 1.29 is 0 Å². The molecular weight excluding hydrogens is 366 g/mol. The lowest BCUT2D eigenvalue weighted by Gasteiger charge is -2.21. The Labute approximate surface area is 173 Å². The van der Waals surface area contributed by atoms with E-state index >= 15 is 0 Å². The molecule has 0 spiro atoms. The number of aryl methyl sites for hydroxylation is 3. The van der Waals surface area contributed by atoms with E-state index in [-0.39, 0.29) is 0 Å². The summed E-state index contributed by atoms with van der Waals surface area (Å²) in [4.78, 5) is 8.68. The predicted octanol–water partition coefficient (Wildman–Crippen LogP) is 3.97. The number of likely N-dealkylation sites (tertiary alicyclic amines) is 1. The number of nitrogens with one attached hydrogen (secondary N) is 1. The molecule has 2 heterocycles. The van der Waals surface area contributed by atoms with E-state index in [0.29, 0.717) is 0 Å². The molecule has 0 aliphatic carbocycles. The van der Waals surface area contributed by atoms with Crippen LogP contribution in [0.3, 0.4) is 0 Å². The summed E-state index contributed by atoms with van der Waals surface area (Å²) < 4.78 is 2.09. The van der Waals surface area contributed by atoms with E-state index < -0.39 is 0 Å². The highest BCUT2D eigenvalue weighted by atomic mass is 32.2. The quantitative estimate of drug-likeness (QED) is 0.316. The summed E-state index contributed by atoms with van der Waals surface area (Å²) in [6.45, 7) is 11.2. The van der Waals surface area contributed by atoms with Gasteiger partial charge >= 0.3 is 0 Å². The van der Waals surface area contributed by atoms with Crippen molar-refractivity contribution in [3.63, 3.8) is 0 Å². The standard InChI is InChI=1S/C22H33N5S/c1-4-23-22(24-12-8-13-27-19(3)15-18(2)25-27)26-14-11-20(16-26)17-28-21-9-6-5-7-10-21/h5-7,9-10,15,20H,4,8,11-14,16-17H2,1-3H3,(H,23,24). The third-order valence-corrected chi connectivity index (χ3v) is 6.29. The Kier molecular flexibility index (Phi) is 7.83. The number of nitrogens with zero attached hydrogens (tertiary/aromatic N) is 4. The van der Waals surface area contributed by atoms with Gasteiger partial charge in [-0.2, -0.15) is 5.10 Å². The molecule has 152 valence electrons. The van der Waals surface area contributed by atoms with E-state index in [0.717, 1.165) is 56.7 Å². The van der Waals surface area contributed by atoms with Gasteiger partial charge in [0.1, 0.15) is 0 Å². The van der Waals surface area contributed by atoms with Gasteiger partial charge in [-0.1, -0.05) is 18.2 Å². The minimum Gasteiger partial charge on any atom is -0.357 e. The lowest BCUT2D eigenvalue weighted by molar-refractivity contribution is 0.472. The molecule has 1 aromatic heterocycles. The Morgan fingerprint density at radius 2 is 2.11 bits per heavy atom. The number of aromatic nitrogens is 2. The molecule has 1 aliphatic heterocycles. The maximum absolute atomic E-state index is 4.88. The molecule has 0 amide bonds. The second-order valence-electron chi connectivity index (χ2n) is 7.46. The lowest BCUT2D eigenvalue weighted by atomic mass is 10.2. The molecule has 1 saturated heterocycles. The van der Waals surface area contributed by atoms with Crippen molar-refractivity contribution in [1.82, 2.24) is 20.0 Å². The van der Waals surface area contributed by atoms with Gasteiger partial charge < -0.3 is 10.2 Å². The highest BCUT2D eigenvalue weighted by Gasteiger charge is 2.24. The zero-order valence-electron chi connectivity index (χ0n) is 17.4. The van der Waals surface area contributed by atoms with Gasteiger partial charge in [0.25, 0.3) is 0 Å². The molecule has 1 N–H and O–H groups in total. The zero-order valence-corrected chi connectivity index (χ0v) is 18.2. The summed E-state index contributed by atoms with van der Waals surface area (Å²) in [6.07, 6.45) is 2.26. The molecule has 0 radical (unpaired) electrons. The van der Waals surface area contributed by atoms with E-state index in [1.54, 1.807) is 0 Å². The Balaban J connectivity index is 1.46. The molecule has 0 bridgehead atoms. The summed E-state index contributed by atoms with van der Waals surface area (Å²) in [5, 5.41) is 8.02. The highest BCUT2D eigenvalue weighted by molar-refractivity contribution is 7.99. The van der Waals surface area contributed by atoms with Crippen LogP contribution in [-0.2, 0) is 6.54 Å². The molecule has 1 aromatic carbocycles. The van der Waals surface area contributed by atoms with E-state index in [1.165, 1.54) is 22.8 Å². The largest absolute Gasteiger partial charge is 0.357 e. The Morgan fingerprint density at radius 1 is 1.29 bits per heavy atom. The highest BCUT2D eigenvalue weighted by Crippen LogP contribution is 2.25. The second kappa shape index (κ2) is 10.6. The average molecular weight is 400 g/mol. The van der Waals surface area contributed by atoms with Crippen LogP contribution in [0.2, 0.25) is 0 Å². The Hall–Kier alpha value is -1.95. The maximum atomic E-state index is 4.88. The van der Waals surface area contributed by atoms with Crippen LogP contribution in [0.1, 0.15) is 31.2 Å². The van der Waals surface area contributed by atoms with Gasteiger partial charge in [0.2, 0.25) is 0 Å². The van der Waals surface area contributed by atoms with Crippen LogP contribution in [-0.4, -0.2) is 52.6 Å².